The standard InChI is InChI=1S/C24H24N2O3S/c1-2-21(17-7-4-3-5-8-17)25-23(28)18-10-12-19(13-11-18)24-26(22(27)16-30-24)15-20-9-6-14-29-20/h3-14,21,24H,2,15-16H2,1H3,(H,25,28)/t21-,24+/m0/s1. The van der Waals surface area contributed by atoms with Gasteiger partial charge in [0.2, 0.25) is 5.91 Å². The molecule has 1 aliphatic rings. The van der Waals surface area contributed by atoms with Gasteiger partial charge in [-0.3, -0.25) is 9.59 Å². The Morgan fingerprint density at radius 2 is 1.90 bits per heavy atom. The largest absolute Gasteiger partial charge is 0.467 e. The molecule has 4 rings (SSSR count). The summed E-state index contributed by atoms with van der Waals surface area (Å²) in [6.45, 7) is 2.50. The molecule has 1 N–H and O–H groups in total. The predicted molar refractivity (Wildman–Crippen MR) is 118 cm³/mol. The molecule has 30 heavy (non-hydrogen) atoms. The van der Waals surface area contributed by atoms with Gasteiger partial charge in [-0.15, -0.1) is 11.8 Å². The van der Waals surface area contributed by atoms with Crippen LogP contribution in [0.5, 0.6) is 0 Å². The van der Waals surface area contributed by atoms with Crippen LogP contribution in [-0.2, 0) is 11.3 Å². The fraction of sp³-hybridized carbons (Fsp3) is 0.250. The van der Waals surface area contributed by atoms with Gasteiger partial charge in [-0.2, -0.15) is 0 Å². The Morgan fingerprint density at radius 1 is 1.13 bits per heavy atom. The molecule has 2 amide bonds. The fourth-order valence-electron chi connectivity index (χ4n) is 3.62. The highest BCUT2D eigenvalue weighted by Crippen LogP contribution is 2.39. The van der Waals surface area contributed by atoms with Crippen molar-refractivity contribution >= 4 is 23.6 Å². The molecule has 0 radical (unpaired) electrons. The van der Waals surface area contributed by atoms with Crippen molar-refractivity contribution in [3.8, 4) is 0 Å². The van der Waals surface area contributed by atoms with E-state index in [0.717, 1.165) is 23.3 Å². The van der Waals surface area contributed by atoms with Gasteiger partial charge in [-0.25, -0.2) is 0 Å². The summed E-state index contributed by atoms with van der Waals surface area (Å²) in [5.74, 6) is 1.21. The lowest BCUT2D eigenvalue weighted by Gasteiger charge is -2.23. The van der Waals surface area contributed by atoms with Crippen molar-refractivity contribution in [2.24, 2.45) is 0 Å². The second-order valence-electron chi connectivity index (χ2n) is 7.23. The third kappa shape index (κ3) is 4.44. The van der Waals surface area contributed by atoms with Crippen molar-refractivity contribution in [3.63, 3.8) is 0 Å². The zero-order valence-corrected chi connectivity index (χ0v) is 17.6. The van der Waals surface area contributed by atoms with Crippen LogP contribution in [0.4, 0.5) is 0 Å². The van der Waals surface area contributed by atoms with Crippen LogP contribution in [0.15, 0.2) is 77.4 Å². The topological polar surface area (TPSA) is 62.6 Å². The van der Waals surface area contributed by atoms with Crippen molar-refractivity contribution in [2.45, 2.75) is 31.3 Å². The lowest BCUT2D eigenvalue weighted by atomic mass is 10.0. The van der Waals surface area contributed by atoms with E-state index in [2.05, 4.69) is 12.2 Å². The molecule has 0 bridgehead atoms. The first-order valence-electron chi connectivity index (χ1n) is 10.0. The number of nitrogens with one attached hydrogen (secondary N) is 1. The molecule has 0 unspecified atom stereocenters. The number of furan rings is 1. The number of benzene rings is 2. The van der Waals surface area contributed by atoms with Crippen LogP contribution in [0.3, 0.4) is 0 Å². The molecule has 5 nitrogen and oxygen atoms in total. The Labute approximate surface area is 180 Å². The Bertz CT molecular complexity index is 987. The third-order valence-electron chi connectivity index (χ3n) is 5.25. The minimum atomic E-state index is -0.0974. The Balaban J connectivity index is 1.45. The van der Waals surface area contributed by atoms with Gasteiger partial charge in [0.15, 0.2) is 0 Å². The lowest BCUT2D eigenvalue weighted by Crippen LogP contribution is -2.28. The van der Waals surface area contributed by atoms with E-state index >= 15 is 0 Å². The average molecular weight is 421 g/mol. The summed E-state index contributed by atoms with van der Waals surface area (Å²) in [5, 5.41) is 3.04. The molecule has 2 atom stereocenters. The van der Waals surface area contributed by atoms with Crippen LogP contribution in [0.25, 0.3) is 0 Å². The molecule has 1 saturated heterocycles. The van der Waals surface area contributed by atoms with Crippen LogP contribution >= 0.6 is 11.8 Å². The molecule has 2 aromatic carbocycles. The number of thioether (sulfide) groups is 1. The molecule has 1 aromatic heterocycles. The maximum atomic E-state index is 12.8. The van der Waals surface area contributed by atoms with Crippen LogP contribution in [0.1, 0.15) is 52.0 Å². The van der Waals surface area contributed by atoms with Gasteiger partial charge in [0, 0.05) is 5.56 Å². The van der Waals surface area contributed by atoms with E-state index in [1.54, 1.807) is 18.0 Å². The third-order valence-corrected chi connectivity index (χ3v) is 6.50. The molecule has 154 valence electrons. The van der Waals surface area contributed by atoms with E-state index in [9.17, 15) is 9.59 Å². The number of carbonyl (C=O) groups is 2. The van der Waals surface area contributed by atoms with E-state index in [0.29, 0.717) is 17.9 Å². The number of hydrogen-bond donors (Lipinski definition) is 1. The number of amides is 2. The first-order valence-corrected chi connectivity index (χ1v) is 11.1. The highest BCUT2D eigenvalue weighted by Gasteiger charge is 2.33. The predicted octanol–water partition coefficient (Wildman–Crippen LogP) is 4.93. The molecular weight excluding hydrogens is 396 g/mol. The monoisotopic (exact) mass is 420 g/mol. The van der Waals surface area contributed by atoms with E-state index in [4.69, 9.17) is 4.42 Å². The maximum Gasteiger partial charge on any atom is 0.251 e. The van der Waals surface area contributed by atoms with E-state index in [-0.39, 0.29) is 23.2 Å². The van der Waals surface area contributed by atoms with Gasteiger partial charge in [-0.05, 0) is 41.8 Å². The molecule has 1 aliphatic heterocycles. The van der Waals surface area contributed by atoms with Gasteiger partial charge in [0.25, 0.3) is 5.91 Å². The van der Waals surface area contributed by atoms with Crippen LogP contribution in [-0.4, -0.2) is 22.5 Å². The SMILES string of the molecule is CC[C@H](NC(=O)c1ccc([C@H]2SCC(=O)N2Cc2ccco2)cc1)c1ccccc1. The smallest absolute Gasteiger partial charge is 0.251 e. The van der Waals surface area contributed by atoms with Crippen LogP contribution in [0.2, 0.25) is 0 Å². The van der Waals surface area contributed by atoms with Crippen molar-refractivity contribution in [2.75, 3.05) is 5.75 Å². The second-order valence-corrected chi connectivity index (χ2v) is 8.30. The number of rotatable bonds is 7. The molecule has 3 aromatic rings. The summed E-state index contributed by atoms with van der Waals surface area (Å²) in [5.41, 5.74) is 2.71. The molecule has 0 spiro atoms. The molecule has 1 fully saturated rings. The summed E-state index contributed by atoms with van der Waals surface area (Å²) in [6.07, 6.45) is 2.43. The quantitative estimate of drug-likeness (QED) is 0.588. The van der Waals surface area contributed by atoms with E-state index in [1.165, 1.54) is 0 Å². The van der Waals surface area contributed by atoms with Crippen molar-refractivity contribution in [1.82, 2.24) is 10.2 Å². The van der Waals surface area contributed by atoms with Crippen molar-refractivity contribution < 1.29 is 14.0 Å². The molecular formula is C24H24N2O3S. The number of carbonyl (C=O) groups excluding carboxylic acids is 2. The van der Waals surface area contributed by atoms with E-state index < -0.39 is 0 Å². The normalized spacial score (nSPS) is 17.2. The van der Waals surface area contributed by atoms with Crippen molar-refractivity contribution in [3.05, 3.63) is 95.4 Å². The highest BCUT2D eigenvalue weighted by molar-refractivity contribution is 8.00. The molecule has 6 heteroatoms. The maximum absolute atomic E-state index is 12.8. The molecule has 0 aliphatic carbocycles. The fourth-order valence-corrected chi connectivity index (χ4v) is 4.81. The van der Waals surface area contributed by atoms with Crippen LogP contribution in [0, 0.1) is 0 Å². The minimum absolute atomic E-state index is 0.0230. The number of nitrogens with zero attached hydrogens (tertiary/aromatic N) is 1. The lowest BCUT2D eigenvalue weighted by molar-refractivity contribution is -0.128. The van der Waals surface area contributed by atoms with Gasteiger partial charge in [-0.1, -0.05) is 49.4 Å². The van der Waals surface area contributed by atoms with E-state index in [1.807, 2.05) is 71.6 Å². The van der Waals surface area contributed by atoms with Gasteiger partial charge in [0.05, 0.1) is 24.6 Å². The van der Waals surface area contributed by atoms with Gasteiger partial charge >= 0.3 is 0 Å². The Kier molecular flexibility index (Phi) is 6.23. The summed E-state index contributed by atoms with van der Waals surface area (Å²) in [6, 6.07) is 21.2. The Morgan fingerprint density at radius 3 is 2.57 bits per heavy atom. The molecule has 2 heterocycles. The first-order chi connectivity index (χ1) is 14.7. The molecule has 0 saturated carbocycles. The summed E-state index contributed by atoms with van der Waals surface area (Å²) in [7, 11) is 0. The summed E-state index contributed by atoms with van der Waals surface area (Å²) in [4.78, 5) is 26.9. The second kappa shape index (κ2) is 9.22. The Hall–Kier alpha value is -2.99. The zero-order valence-electron chi connectivity index (χ0n) is 16.8. The summed E-state index contributed by atoms with van der Waals surface area (Å²) >= 11 is 1.59. The average Bonchev–Trinajstić information content (AvgIpc) is 3.43. The minimum Gasteiger partial charge on any atom is -0.467 e. The van der Waals surface area contributed by atoms with Crippen LogP contribution < -0.4 is 5.32 Å². The van der Waals surface area contributed by atoms with Gasteiger partial charge in [0.1, 0.15) is 11.1 Å². The first kappa shape index (κ1) is 20.3. The summed E-state index contributed by atoms with van der Waals surface area (Å²) < 4.78 is 5.41. The zero-order chi connectivity index (χ0) is 20.9. The van der Waals surface area contributed by atoms with Gasteiger partial charge < -0.3 is 14.6 Å². The highest BCUT2D eigenvalue weighted by atomic mass is 32.2. The van der Waals surface area contributed by atoms with Crippen molar-refractivity contribution in [1.29, 1.82) is 0 Å². The number of hydrogen-bond acceptors (Lipinski definition) is 4.